The number of anilines is 1. The van der Waals surface area contributed by atoms with Crippen LogP contribution in [0, 0.1) is 18.3 Å². The standard InChI is InChI=1S/C27H34N2O5/c1-16-12-18-20(19(25(32)34-5)13-17-8-6-7-9-17)15-28(26(33)27(2,3)4)22(18)14-21(16)29-23(30)10-11-24(29)31/h12,14-15,17,19H,6-11,13H2,1-5H3. The van der Waals surface area contributed by atoms with E-state index in [1.165, 1.54) is 24.9 Å². The van der Waals surface area contributed by atoms with Crippen LogP contribution in [0.25, 0.3) is 10.9 Å². The van der Waals surface area contributed by atoms with Gasteiger partial charge >= 0.3 is 5.97 Å². The maximum absolute atomic E-state index is 13.4. The third-order valence-corrected chi connectivity index (χ3v) is 7.21. The van der Waals surface area contributed by atoms with Gasteiger partial charge in [0.1, 0.15) is 0 Å². The number of carbonyl (C=O) groups excluding carboxylic acids is 4. The quantitative estimate of drug-likeness (QED) is 0.451. The van der Waals surface area contributed by atoms with E-state index in [2.05, 4.69) is 0 Å². The molecule has 2 aliphatic rings. The summed E-state index contributed by atoms with van der Waals surface area (Å²) in [4.78, 5) is 52.5. The monoisotopic (exact) mass is 466 g/mol. The molecule has 0 spiro atoms. The van der Waals surface area contributed by atoms with Crippen molar-refractivity contribution >= 4 is 40.3 Å². The molecule has 1 unspecified atom stereocenters. The van der Waals surface area contributed by atoms with Crippen LogP contribution >= 0.6 is 0 Å². The minimum Gasteiger partial charge on any atom is -0.469 e. The van der Waals surface area contributed by atoms with Gasteiger partial charge in [0, 0.05) is 29.8 Å². The van der Waals surface area contributed by atoms with Crippen molar-refractivity contribution < 1.29 is 23.9 Å². The summed E-state index contributed by atoms with van der Waals surface area (Å²) in [5.41, 5.74) is 1.95. The molecule has 182 valence electrons. The number of imide groups is 1. The Kier molecular flexibility index (Phi) is 6.40. The number of esters is 1. The number of benzene rings is 1. The second kappa shape index (κ2) is 9.01. The van der Waals surface area contributed by atoms with Crippen LogP contribution in [-0.2, 0) is 19.1 Å². The maximum atomic E-state index is 13.4. The fraction of sp³-hybridized carbons (Fsp3) is 0.556. The van der Waals surface area contributed by atoms with Crippen LogP contribution in [0.5, 0.6) is 0 Å². The van der Waals surface area contributed by atoms with E-state index in [0.29, 0.717) is 23.5 Å². The highest BCUT2D eigenvalue weighted by Crippen LogP contribution is 2.40. The van der Waals surface area contributed by atoms with Gasteiger partial charge in [0.2, 0.25) is 17.7 Å². The molecule has 1 aromatic heterocycles. The molecule has 1 aromatic carbocycles. The molecule has 0 bridgehead atoms. The highest BCUT2D eigenvalue weighted by molar-refractivity contribution is 6.21. The lowest BCUT2D eigenvalue weighted by molar-refractivity contribution is -0.142. The molecule has 2 heterocycles. The van der Waals surface area contributed by atoms with Gasteiger partial charge in [-0.15, -0.1) is 0 Å². The van der Waals surface area contributed by atoms with Crippen LogP contribution in [0.15, 0.2) is 18.3 Å². The Morgan fingerprint density at radius 2 is 1.71 bits per heavy atom. The van der Waals surface area contributed by atoms with Crippen LogP contribution in [0.1, 0.15) is 87.6 Å². The maximum Gasteiger partial charge on any atom is 0.313 e. The van der Waals surface area contributed by atoms with E-state index < -0.39 is 11.3 Å². The summed E-state index contributed by atoms with van der Waals surface area (Å²) in [5.74, 6) is -0.933. The Hall–Kier alpha value is -2.96. The van der Waals surface area contributed by atoms with Gasteiger partial charge in [0.25, 0.3) is 0 Å². The number of hydrogen-bond acceptors (Lipinski definition) is 5. The molecule has 0 radical (unpaired) electrons. The lowest BCUT2D eigenvalue weighted by atomic mass is 9.87. The van der Waals surface area contributed by atoms with Crippen molar-refractivity contribution in [3.63, 3.8) is 0 Å². The molecule has 2 aromatic rings. The van der Waals surface area contributed by atoms with Crippen molar-refractivity contribution in [1.29, 1.82) is 0 Å². The molecule has 1 saturated heterocycles. The summed E-state index contributed by atoms with van der Waals surface area (Å²) < 4.78 is 6.78. The minimum absolute atomic E-state index is 0.123. The first kappa shape index (κ1) is 24.2. The number of nitrogens with zero attached hydrogens (tertiary/aromatic N) is 2. The van der Waals surface area contributed by atoms with E-state index in [-0.39, 0.29) is 36.5 Å². The number of methoxy groups -OCH3 is 1. The first-order valence-electron chi connectivity index (χ1n) is 12.2. The van der Waals surface area contributed by atoms with Crippen molar-refractivity contribution in [2.75, 3.05) is 12.0 Å². The molecule has 0 N–H and O–H groups in total. The molecule has 4 rings (SSSR count). The van der Waals surface area contributed by atoms with Crippen molar-refractivity contribution in [2.24, 2.45) is 11.3 Å². The lowest BCUT2D eigenvalue weighted by Gasteiger charge is -2.20. The second-order valence-electron chi connectivity index (χ2n) is 10.8. The second-order valence-corrected chi connectivity index (χ2v) is 10.8. The van der Waals surface area contributed by atoms with E-state index in [1.54, 1.807) is 16.8 Å². The number of fused-ring (bicyclic) bond motifs is 1. The first-order valence-corrected chi connectivity index (χ1v) is 12.2. The summed E-state index contributed by atoms with van der Waals surface area (Å²) >= 11 is 0. The number of aromatic nitrogens is 1. The van der Waals surface area contributed by atoms with Crippen molar-refractivity contribution in [1.82, 2.24) is 4.57 Å². The number of carbonyl (C=O) groups is 4. The number of ether oxygens (including phenoxy) is 1. The van der Waals surface area contributed by atoms with Gasteiger partial charge in [-0.2, -0.15) is 0 Å². The zero-order valence-corrected chi connectivity index (χ0v) is 20.8. The summed E-state index contributed by atoms with van der Waals surface area (Å²) in [6.07, 6.45) is 7.35. The number of amides is 2. The topological polar surface area (TPSA) is 85.7 Å². The van der Waals surface area contributed by atoms with E-state index in [1.807, 2.05) is 33.8 Å². The van der Waals surface area contributed by atoms with Crippen molar-refractivity contribution in [3.05, 3.63) is 29.5 Å². The summed E-state index contributed by atoms with van der Waals surface area (Å²) in [6.45, 7) is 7.39. The summed E-state index contributed by atoms with van der Waals surface area (Å²) in [6, 6.07) is 3.65. The van der Waals surface area contributed by atoms with E-state index >= 15 is 0 Å². The molecule has 7 nitrogen and oxygen atoms in total. The van der Waals surface area contributed by atoms with Crippen LogP contribution < -0.4 is 4.90 Å². The zero-order chi connectivity index (χ0) is 24.8. The van der Waals surface area contributed by atoms with Gasteiger partial charge in [0.05, 0.1) is 24.2 Å². The number of hydrogen-bond donors (Lipinski definition) is 0. The molecule has 1 aliphatic heterocycles. The predicted molar refractivity (Wildman–Crippen MR) is 130 cm³/mol. The normalized spacial score (nSPS) is 18.2. The Morgan fingerprint density at radius 1 is 1.09 bits per heavy atom. The summed E-state index contributed by atoms with van der Waals surface area (Å²) in [7, 11) is 1.40. The Balaban J connectivity index is 1.92. The number of rotatable bonds is 5. The van der Waals surface area contributed by atoms with Crippen molar-refractivity contribution in [3.8, 4) is 0 Å². The van der Waals surface area contributed by atoms with E-state index in [0.717, 1.165) is 29.4 Å². The fourth-order valence-electron chi connectivity index (χ4n) is 5.36. The third kappa shape index (κ3) is 4.28. The highest BCUT2D eigenvalue weighted by Gasteiger charge is 2.35. The largest absolute Gasteiger partial charge is 0.469 e. The molecule has 2 fully saturated rings. The van der Waals surface area contributed by atoms with Crippen LogP contribution in [-0.4, -0.2) is 35.4 Å². The molecule has 1 aliphatic carbocycles. The molecular formula is C27H34N2O5. The van der Waals surface area contributed by atoms with Crippen LogP contribution in [0.3, 0.4) is 0 Å². The van der Waals surface area contributed by atoms with Crippen LogP contribution in [0.4, 0.5) is 5.69 Å². The number of aryl methyl sites for hydroxylation is 1. The highest BCUT2D eigenvalue weighted by atomic mass is 16.5. The molecular weight excluding hydrogens is 432 g/mol. The minimum atomic E-state index is -0.667. The average molecular weight is 467 g/mol. The van der Waals surface area contributed by atoms with Gasteiger partial charge < -0.3 is 4.74 Å². The smallest absolute Gasteiger partial charge is 0.313 e. The van der Waals surface area contributed by atoms with Crippen LogP contribution in [0.2, 0.25) is 0 Å². The van der Waals surface area contributed by atoms with E-state index in [9.17, 15) is 19.2 Å². The fourth-order valence-corrected chi connectivity index (χ4v) is 5.36. The van der Waals surface area contributed by atoms with Crippen molar-refractivity contribution in [2.45, 2.75) is 78.6 Å². The SMILES string of the molecule is COC(=O)C(CC1CCCC1)c1cn(C(=O)C(C)(C)C)c2cc(N3C(=O)CCC3=O)c(C)cc12. The molecule has 7 heteroatoms. The van der Waals surface area contributed by atoms with E-state index in [4.69, 9.17) is 4.74 Å². The molecule has 1 atom stereocenters. The predicted octanol–water partition coefficient (Wildman–Crippen LogP) is 5.13. The molecule has 1 saturated carbocycles. The Bertz CT molecular complexity index is 1150. The van der Waals surface area contributed by atoms with Gasteiger partial charge in [-0.3, -0.25) is 28.6 Å². The van der Waals surface area contributed by atoms with Gasteiger partial charge in [0.15, 0.2) is 0 Å². The van der Waals surface area contributed by atoms with Gasteiger partial charge in [-0.05, 0) is 42.5 Å². The lowest BCUT2D eigenvalue weighted by Crippen LogP contribution is -2.29. The summed E-state index contributed by atoms with van der Waals surface area (Å²) in [5, 5.41) is 0.784. The molecule has 34 heavy (non-hydrogen) atoms. The van der Waals surface area contributed by atoms with Gasteiger partial charge in [-0.1, -0.05) is 46.5 Å². The van der Waals surface area contributed by atoms with Gasteiger partial charge in [-0.25, -0.2) is 0 Å². The molecule has 2 amide bonds. The third-order valence-electron chi connectivity index (χ3n) is 7.21. The first-order chi connectivity index (χ1) is 16.0. The average Bonchev–Trinajstić information content (AvgIpc) is 3.49. The Morgan fingerprint density at radius 3 is 2.26 bits per heavy atom. The zero-order valence-electron chi connectivity index (χ0n) is 20.8. The Labute approximate surface area is 200 Å².